The van der Waals surface area contributed by atoms with E-state index in [-0.39, 0.29) is 11.8 Å². The molecule has 1 saturated carbocycles. The van der Waals surface area contributed by atoms with E-state index in [0.29, 0.717) is 22.6 Å². The Hall–Kier alpha value is -1.13. The third kappa shape index (κ3) is 12.9. The normalized spacial score (nSPS) is 17.9. The standard InChI is InChI=1S/C13H21ClO.C9H12O2S.C2H6/c1-2-3-4-5-13(15)9-7-11-6-8-12(14)10-11;1-3-4-7-5-6-8(12-7)9(10)11-2;1-2/h7,9,11-12H,2-6,8,10H2,1H3;5-6H,3-4H2,1-2H3;1-2H3/b9-7+;;/t11-,12-;;/m1../s1. The Morgan fingerprint density at radius 1 is 1.17 bits per heavy atom. The number of ketones is 1. The van der Waals surface area contributed by atoms with Crippen molar-refractivity contribution in [2.75, 3.05) is 7.11 Å². The van der Waals surface area contributed by atoms with Gasteiger partial charge in [0.1, 0.15) is 4.88 Å². The van der Waals surface area contributed by atoms with Crippen LogP contribution in [-0.2, 0) is 16.0 Å². The number of carbonyl (C=O) groups is 2. The van der Waals surface area contributed by atoms with E-state index in [1.54, 1.807) is 6.08 Å². The van der Waals surface area contributed by atoms with Crippen LogP contribution >= 0.6 is 22.9 Å². The highest BCUT2D eigenvalue weighted by atomic mass is 35.5. The Labute approximate surface area is 186 Å². The van der Waals surface area contributed by atoms with Gasteiger partial charge in [-0.3, -0.25) is 4.79 Å². The molecule has 0 spiro atoms. The first kappa shape index (κ1) is 27.9. The number of alkyl halides is 1. The van der Waals surface area contributed by atoms with Crippen LogP contribution in [-0.4, -0.2) is 24.2 Å². The molecular weight excluding hydrogens is 404 g/mol. The Morgan fingerprint density at radius 3 is 2.45 bits per heavy atom. The van der Waals surface area contributed by atoms with E-state index in [4.69, 9.17) is 11.6 Å². The summed E-state index contributed by atoms with van der Waals surface area (Å²) in [7, 11) is 1.40. The summed E-state index contributed by atoms with van der Waals surface area (Å²) in [6.07, 6.45) is 13.4. The SMILES string of the molecule is CC.CCCCCC(=O)/C=C/[C@H]1CC[C@@H](Cl)C1.CCCc1ccc(C(=O)OC)s1. The number of hydrogen-bond acceptors (Lipinski definition) is 4. The lowest BCUT2D eigenvalue weighted by Gasteiger charge is -2.00. The Morgan fingerprint density at radius 2 is 1.90 bits per heavy atom. The van der Waals surface area contributed by atoms with Gasteiger partial charge in [0.25, 0.3) is 0 Å². The van der Waals surface area contributed by atoms with Crippen LogP contribution < -0.4 is 0 Å². The number of ether oxygens (including phenoxy) is 1. The fourth-order valence-corrected chi connectivity index (χ4v) is 4.36. The van der Waals surface area contributed by atoms with Crippen molar-refractivity contribution < 1.29 is 14.3 Å². The molecule has 2 atom stereocenters. The average Bonchev–Trinajstić information content (AvgIpc) is 3.37. The second-order valence-corrected chi connectivity index (χ2v) is 8.75. The number of thiophene rings is 1. The molecule has 1 aromatic heterocycles. The van der Waals surface area contributed by atoms with Gasteiger partial charge in [0, 0.05) is 16.7 Å². The highest BCUT2D eigenvalue weighted by molar-refractivity contribution is 7.13. The molecule has 0 bridgehead atoms. The summed E-state index contributed by atoms with van der Waals surface area (Å²) in [6, 6.07) is 3.81. The summed E-state index contributed by atoms with van der Waals surface area (Å²) in [5, 5.41) is 0.329. The zero-order chi connectivity index (χ0) is 22.1. The molecule has 1 fully saturated rings. The molecule has 1 aromatic rings. The van der Waals surface area contributed by atoms with Gasteiger partial charge >= 0.3 is 5.97 Å². The quantitative estimate of drug-likeness (QED) is 0.171. The van der Waals surface area contributed by atoms with E-state index in [1.165, 1.54) is 29.7 Å². The molecule has 0 aromatic carbocycles. The molecule has 2 rings (SSSR count). The van der Waals surface area contributed by atoms with Crippen LogP contribution in [0.3, 0.4) is 0 Å². The number of unbranched alkanes of at least 4 members (excludes halogenated alkanes) is 2. The summed E-state index contributed by atoms with van der Waals surface area (Å²) >= 11 is 7.52. The average molecular weight is 443 g/mol. The zero-order valence-electron chi connectivity index (χ0n) is 18.8. The molecule has 29 heavy (non-hydrogen) atoms. The first-order valence-corrected chi connectivity index (χ1v) is 12.3. The van der Waals surface area contributed by atoms with Crippen LogP contribution in [0, 0.1) is 5.92 Å². The maximum absolute atomic E-state index is 11.4. The van der Waals surface area contributed by atoms with Crippen LogP contribution in [0.1, 0.15) is 93.6 Å². The fourth-order valence-electron chi connectivity index (χ4n) is 2.98. The second kappa shape index (κ2) is 17.7. The van der Waals surface area contributed by atoms with E-state index in [0.717, 1.165) is 44.9 Å². The van der Waals surface area contributed by atoms with Gasteiger partial charge < -0.3 is 4.74 Å². The minimum absolute atomic E-state index is 0.234. The Kier molecular flexibility index (Phi) is 17.0. The minimum atomic E-state index is -0.234. The zero-order valence-corrected chi connectivity index (χ0v) is 20.4. The number of halogens is 1. The van der Waals surface area contributed by atoms with Crippen LogP contribution in [0.25, 0.3) is 0 Å². The lowest BCUT2D eigenvalue weighted by atomic mass is 10.1. The second-order valence-electron chi connectivity index (χ2n) is 6.96. The molecule has 166 valence electrons. The number of aryl methyl sites for hydroxylation is 1. The van der Waals surface area contributed by atoms with Gasteiger partial charge in [-0.15, -0.1) is 22.9 Å². The van der Waals surface area contributed by atoms with Gasteiger partial charge in [-0.25, -0.2) is 4.79 Å². The van der Waals surface area contributed by atoms with Gasteiger partial charge in [0.15, 0.2) is 5.78 Å². The van der Waals surface area contributed by atoms with Crippen molar-refractivity contribution in [2.24, 2.45) is 5.92 Å². The van der Waals surface area contributed by atoms with Crippen LogP contribution in [0.5, 0.6) is 0 Å². The van der Waals surface area contributed by atoms with Crippen LogP contribution in [0.4, 0.5) is 0 Å². The van der Waals surface area contributed by atoms with E-state index in [1.807, 2.05) is 26.0 Å². The highest BCUT2D eigenvalue weighted by Crippen LogP contribution is 2.30. The molecule has 0 radical (unpaired) electrons. The third-order valence-corrected chi connectivity index (χ3v) is 6.06. The smallest absolute Gasteiger partial charge is 0.348 e. The van der Waals surface area contributed by atoms with Gasteiger partial charge in [-0.1, -0.05) is 53.0 Å². The molecule has 1 heterocycles. The molecule has 0 aliphatic heterocycles. The van der Waals surface area contributed by atoms with Crippen molar-refractivity contribution in [3.63, 3.8) is 0 Å². The molecule has 1 aliphatic carbocycles. The summed E-state index contributed by atoms with van der Waals surface area (Å²) in [6.45, 7) is 8.27. The molecule has 5 heteroatoms. The predicted octanol–water partition coefficient (Wildman–Crippen LogP) is 7.61. The lowest BCUT2D eigenvalue weighted by Crippen LogP contribution is -1.96. The van der Waals surface area contributed by atoms with Crippen molar-refractivity contribution in [3.05, 3.63) is 34.0 Å². The van der Waals surface area contributed by atoms with Crippen LogP contribution in [0.2, 0.25) is 0 Å². The minimum Gasteiger partial charge on any atom is -0.465 e. The van der Waals surface area contributed by atoms with E-state index < -0.39 is 0 Å². The summed E-state index contributed by atoms with van der Waals surface area (Å²) in [5.74, 6) is 0.589. The first-order chi connectivity index (χ1) is 14.0. The summed E-state index contributed by atoms with van der Waals surface area (Å²) in [4.78, 5) is 24.4. The lowest BCUT2D eigenvalue weighted by molar-refractivity contribution is -0.114. The molecular formula is C24H39ClO3S. The van der Waals surface area contributed by atoms with Gasteiger partial charge in [0.05, 0.1) is 7.11 Å². The van der Waals surface area contributed by atoms with Crippen molar-refractivity contribution in [1.82, 2.24) is 0 Å². The Balaban J connectivity index is 0.000000508. The van der Waals surface area contributed by atoms with E-state index >= 15 is 0 Å². The molecule has 3 nitrogen and oxygen atoms in total. The molecule has 0 N–H and O–H groups in total. The van der Waals surface area contributed by atoms with Crippen molar-refractivity contribution in [3.8, 4) is 0 Å². The number of esters is 1. The van der Waals surface area contributed by atoms with Gasteiger partial charge in [0.2, 0.25) is 0 Å². The fraction of sp³-hybridized carbons (Fsp3) is 0.667. The number of hydrogen-bond donors (Lipinski definition) is 0. The number of methoxy groups -OCH3 is 1. The Bertz CT molecular complexity index is 595. The number of rotatable bonds is 9. The third-order valence-electron chi connectivity index (χ3n) is 4.53. The topological polar surface area (TPSA) is 43.4 Å². The molecule has 1 aliphatic rings. The summed E-state index contributed by atoms with van der Waals surface area (Å²) < 4.78 is 4.60. The van der Waals surface area contributed by atoms with Crippen molar-refractivity contribution in [2.45, 2.75) is 90.9 Å². The molecule has 0 unspecified atom stereocenters. The molecule has 0 saturated heterocycles. The first-order valence-electron chi connectivity index (χ1n) is 11.0. The van der Waals surface area contributed by atoms with Crippen molar-refractivity contribution in [1.29, 1.82) is 0 Å². The number of carbonyl (C=O) groups excluding carboxylic acids is 2. The molecule has 0 amide bonds. The van der Waals surface area contributed by atoms with E-state index in [9.17, 15) is 9.59 Å². The largest absolute Gasteiger partial charge is 0.465 e. The van der Waals surface area contributed by atoms with E-state index in [2.05, 4.69) is 24.7 Å². The predicted molar refractivity (Wildman–Crippen MR) is 126 cm³/mol. The monoisotopic (exact) mass is 442 g/mol. The van der Waals surface area contributed by atoms with Crippen LogP contribution in [0.15, 0.2) is 24.3 Å². The van der Waals surface area contributed by atoms with Gasteiger partial charge in [-0.05, 0) is 56.2 Å². The maximum Gasteiger partial charge on any atom is 0.348 e. The van der Waals surface area contributed by atoms with Crippen molar-refractivity contribution >= 4 is 34.7 Å². The summed E-state index contributed by atoms with van der Waals surface area (Å²) in [5.41, 5.74) is 0. The maximum atomic E-state index is 11.4. The van der Waals surface area contributed by atoms with Gasteiger partial charge in [-0.2, -0.15) is 0 Å². The highest BCUT2D eigenvalue weighted by Gasteiger charge is 2.20. The number of allylic oxidation sites excluding steroid dienone is 2.